The highest BCUT2D eigenvalue weighted by Crippen LogP contribution is 2.40. The standard InChI is InChI=1S/C17H25NO/c1-19-16-8-7-13(12-17(18)9-10-17)11-15(16)14-5-3-2-4-6-14/h7-8,11,14H,2-6,9-10,12,18H2,1H3. The summed E-state index contributed by atoms with van der Waals surface area (Å²) in [6, 6.07) is 6.70. The summed E-state index contributed by atoms with van der Waals surface area (Å²) in [6.45, 7) is 0. The zero-order valence-corrected chi connectivity index (χ0v) is 12.0. The van der Waals surface area contributed by atoms with Crippen molar-refractivity contribution in [2.45, 2.75) is 62.8 Å². The Kier molecular flexibility index (Phi) is 3.53. The van der Waals surface area contributed by atoms with E-state index >= 15 is 0 Å². The summed E-state index contributed by atoms with van der Waals surface area (Å²) in [5, 5.41) is 0. The molecule has 0 aliphatic heterocycles. The van der Waals surface area contributed by atoms with Crippen LogP contribution in [0.5, 0.6) is 5.75 Å². The zero-order valence-electron chi connectivity index (χ0n) is 12.0. The van der Waals surface area contributed by atoms with Crippen molar-refractivity contribution >= 4 is 0 Å². The first-order chi connectivity index (χ1) is 9.20. The molecule has 0 spiro atoms. The summed E-state index contributed by atoms with van der Waals surface area (Å²) in [5.74, 6) is 1.76. The van der Waals surface area contributed by atoms with Gasteiger partial charge < -0.3 is 10.5 Å². The average molecular weight is 259 g/mol. The first-order valence-corrected chi connectivity index (χ1v) is 7.66. The van der Waals surface area contributed by atoms with Gasteiger partial charge in [0.15, 0.2) is 0 Å². The lowest BCUT2D eigenvalue weighted by atomic mass is 9.82. The summed E-state index contributed by atoms with van der Waals surface area (Å²) in [7, 11) is 1.78. The average Bonchev–Trinajstić information content (AvgIpc) is 3.17. The van der Waals surface area contributed by atoms with E-state index in [0.717, 1.165) is 12.2 Å². The molecule has 0 bridgehead atoms. The van der Waals surface area contributed by atoms with Crippen molar-refractivity contribution in [3.63, 3.8) is 0 Å². The maximum Gasteiger partial charge on any atom is 0.122 e. The molecule has 1 aromatic rings. The molecular weight excluding hydrogens is 234 g/mol. The smallest absolute Gasteiger partial charge is 0.122 e. The van der Waals surface area contributed by atoms with Crippen LogP contribution in [0.4, 0.5) is 0 Å². The van der Waals surface area contributed by atoms with Gasteiger partial charge in [0.1, 0.15) is 5.75 Å². The molecule has 0 atom stereocenters. The molecule has 0 saturated heterocycles. The first kappa shape index (κ1) is 13.0. The Balaban J connectivity index is 1.84. The van der Waals surface area contributed by atoms with Crippen LogP contribution in [0.1, 0.15) is 62.0 Å². The largest absolute Gasteiger partial charge is 0.496 e. The first-order valence-electron chi connectivity index (χ1n) is 7.66. The summed E-state index contributed by atoms with van der Waals surface area (Å²) in [5.41, 5.74) is 9.15. The fourth-order valence-corrected chi connectivity index (χ4v) is 3.37. The van der Waals surface area contributed by atoms with E-state index in [4.69, 9.17) is 10.5 Å². The van der Waals surface area contributed by atoms with Crippen molar-refractivity contribution in [2.75, 3.05) is 7.11 Å². The van der Waals surface area contributed by atoms with E-state index in [1.807, 2.05) is 0 Å². The molecule has 1 aromatic carbocycles. The van der Waals surface area contributed by atoms with E-state index < -0.39 is 0 Å². The fourth-order valence-electron chi connectivity index (χ4n) is 3.37. The molecule has 0 amide bonds. The highest BCUT2D eigenvalue weighted by Gasteiger charge is 2.38. The van der Waals surface area contributed by atoms with Crippen molar-refractivity contribution in [3.05, 3.63) is 29.3 Å². The van der Waals surface area contributed by atoms with Crippen LogP contribution >= 0.6 is 0 Å². The predicted octanol–water partition coefficient (Wildman–Crippen LogP) is 3.78. The monoisotopic (exact) mass is 259 g/mol. The normalized spacial score (nSPS) is 22.2. The van der Waals surface area contributed by atoms with Gasteiger partial charge in [-0.1, -0.05) is 31.4 Å². The molecule has 0 aromatic heterocycles. The second-order valence-electron chi connectivity index (χ2n) is 6.45. The third kappa shape index (κ3) is 2.94. The van der Waals surface area contributed by atoms with Gasteiger partial charge in [0.25, 0.3) is 0 Å². The molecule has 2 N–H and O–H groups in total. The van der Waals surface area contributed by atoms with E-state index in [2.05, 4.69) is 18.2 Å². The Morgan fingerprint density at radius 3 is 2.58 bits per heavy atom. The molecule has 2 saturated carbocycles. The van der Waals surface area contributed by atoms with Crippen molar-refractivity contribution in [1.82, 2.24) is 0 Å². The Hall–Kier alpha value is -1.02. The zero-order chi connectivity index (χ0) is 13.3. The molecule has 0 unspecified atom stereocenters. The molecule has 104 valence electrons. The Morgan fingerprint density at radius 2 is 1.95 bits per heavy atom. The van der Waals surface area contributed by atoms with Gasteiger partial charge in [-0.05, 0) is 55.2 Å². The Bertz CT molecular complexity index is 445. The Labute approximate surface area is 116 Å². The van der Waals surface area contributed by atoms with Crippen molar-refractivity contribution in [1.29, 1.82) is 0 Å². The van der Waals surface area contributed by atoms with Crippen LogP contribution in [0.2, 0.25) is 0 Å². The van der Waals surface area contributed by atoms with Crippen molar-refractivity contribution in [2.24, 2.45) is 5.73 Å². The molecule has 0 radical (unpaired) electrons. The molecule has 2 aliphatic carbocycles. The fraction of sp³-hybridized carbons (Fsp3) is 0.647. The lowest BCUT2D eigenvalue weighted by molar-refractivity contribution is 0.386. The maximum atomic E-state index is 6.25. The van der Waals surface area contributed by atoms with Crippen LogP contribution in [-0.4, -0.2) is 12.6 Å². The van der Waals surface area contributed by atoms with Crippen LogP contribution in [0.15, 0.2) is 18.2 Å². The van der Waals surface area contributed by atoms with Crippen LogP contribution in [0, 0.1) is 0 Å². The maximum absolute atomic E-state index is 6.25. The van der Waals surface area contributed by atoms with E-state index in [1.165, 1.54) is 56.1 Å². The van der Waals surface area contributed by atoms with Gasteiger partial charge in [-0.25, -0.2) is 0 Å². The molecule has 2 aliphatic rings. The number of benzene rings is 1. The van der Waals surface area contributed by atoms with E-state index in [0.29, 0.717) is 5.92 Å². The number of nitrogens with two attached hydrogens (primary N) is 1. The molecule has 3 rings (SSSR count). The number of rotatable bonds is 4. The van der Waals surface area contributed by atoms with Crippen LogP contribution in [0.25, 0.3) is 0 Å². The highest BCUT2D eigenvalue weighted by atomic mass is 16.5. The van der Waals surface area contributed by atoms with Gasteiger partial charge >= 0.3 is 0 Å². The van der Waals surface area contributed by atoms with Crippen LogP contribution in [-0.2, 0) is 6.42 Å². The topological polar surface area (TPSA) is 35.2 Å². The quantitative estimate of drug-likeness (QED) is 0.893. The number of hydrogen-bond donors (Lipinski definition) is 1. The molecule has 0 heterocycles. The Morgan fingerprint density at radius 1 is 1.21 bits per heavy atom. The lowest BCUT2D eigenvalue weighted by Crippen LogP contribution is -2.24. The second kappa shape index (κ2) is 5.16. The van der Waals surface area contributed by atoms with Gasteiger partial charge in [0.2, 0.25) is 0 Å². The predicted molar refractivity (Wildman–Crippen MR) is 78.7 cm³/mol. The SMILES string of the molecule is COc1ccc(CC2(N)CC2)cc1C1CCCCC1. The third-order valence-corrected chi connectivity index (χ3v) is 4.79. The van der Waals surface area contributed by atoms with Gasteiger partial charge in [-0.2, -0.15) is 0 Å². The van der Waals surface area contributed by atoms with E-state index in [1.54, 1.807) is 7.11 Å². The van der Waals surface area contributed by atoms with Gasteiger partial charge in [0, 0.05) is 5.54 Å². The molecular formula is C17H25NO. The van der Waals surface area contributed by atoms with E-state index in [9.17, 15) is 0 Å². The van der Waals surface area contributed by atoms with E-state index in [-0.39, 0.29) is 5.54 Å². The summed E-state index contributed by atoms with van der Waals surface area (Å²) in [6.07, 6.45) is 10.1. The summed E-state index contributed by atoms with van der Waals surface area (Å²) < 4.78 is 5.57. The van der Waals surface area contributed by atoms with Gasteiger partial charge in [-0.15, -0.1) is 0 Å². The molecule has 2 nitrogen and oxygen atoms in total. The van der Waals surface area contributed by atoms with Crippen molar-refractivity contribution < 1.29 is 4.74 Å². The number of ether oxygens (including phenoxy) is 1. The minimum absolute atomic E-state index is 0.0957. The van der Waals surface area contributed by atoms with Crippen molar-refractivity contribution in [3.8, 4) is 5.75 Å². The lowest BCUT2D eigenvalue weighted by Gasteiger charge is -2.24. The van der Waals surface area contributed by atoms with Gasteiger partial charge in [0.05, 0.1) is 7.11 Å². The molecule has 2 fully saturated rings. The summed E-state index contributed by atoms with van der Waals surface area (Å²) in [4.78, 5) is 0. The molecule has 2 heteroatoms. The van der Waals surface area contributed by atoms with Crippen LogP contribution < -0.4 is 10.5 Å². The molecule has 19 heavy (non-hydrogen) atoms. The third-order valence-electron chi connectivity index (χ3n) is 4.79. The van der Waals surface area contributed by atoms with Gasteiger partial charge in [-0.3, -0.25) is 0 Å². The van der Waals surface area contributed by atoms with Crippen LogP contribution in [0.3, 0.4) is 0 Å². The summed E-state index contributed by atoms with van der Waals surface area (Å²) >= 11 is 0. The minimum atomic E-state index is 0.0957. The number of methoxy groups -OCH3 is 1. The minimum Gasteiger partial charge on any atom is -0.496 e. The second-order valence-corrected chi connectivity index (χ2v) is 6.45. The highest BCUT2D eigenvalue weighted by molar-refractivity contribution is 5.41. The number of hydrogen-bond acceptors (Lipinski definition) is 2.